The molecule has 0 spiro atoms. The average molecular weight is 447 g/mol. The molecule has 34 heavy (non-hydrogen) atoms. The molecule has 0 radical (unpaired) electrons. The van der Waals surface area contributed by atoms with Gasteiger partial charge >= 0.3 is 0 Å². The fraction of sp³-hybridized carbons (Fsp3) is 0.161. The van der Waals surface area contributed by atoms with E-state index in [1.165, 1.54) is 27.8 Å². The van der Waals surface area contributed by atoms with Crippen LogP contribution in [0.3, 0.4) is 0 Å². The average Bonchev–Trinajstić information content (AvgIpc) is 3.27. The summed E-state index contributed by atoms with van der Waals surface area (Å²) in [5, 5.41) is 1.85. The van der Waals surface area contributed by atoms with Crippen molar-refractivity contribution in [2.24, 2.45) is 5.84 Å². The van der Waals surface area contributed by atoms with E-state index in [9.17, 15) is 0 Å². The summed E-state index contributed by atoms with van der Waals surface area (Å²) < 4.78 is 6.25. The Kier molecular flexibility index (Phi) is 6.20. The Labute approximate surface area is 201 Å². The van der Waals surface area contributed by atoms with Crippen LogP contribution in [0.2, 0.25) is 0 Å². The van der Waals surface area contributed by atoms with Crippen molar-refractivity contribution in [1.82, 2.24) is 0 Å². The molecule has 0 fully saturated rings. The Morgan fingerprint density at radius 2 is 1.79 bits per heavy atom. The van der Waals surface area contributed by atoms with E-state index in [1.54, 1.807) is 0 Å². The molecule has 2 N–H and O–H groups in total. The quantitative estimate of drug-likeness (QED) is 0.313. The minimum Gasteiger partial charge on any atom is -0.456 e. The van der Waals surface area contributed by atoms with Crippen molar-refractivity contribution in [3.05, 3.63) is 120 Å². The molecule has 1 heterocycles. The van der Waals surface area contributed by atoms with E-state index in [0.717, 1.165) is 42.0 Å². The van der Waals surface area contributed by atoms with Crippen LogP contribution in [0, 0.1) is 0 Å². The summed E-state index contributed by atoms with van der Waals surface area (Å²) in [5.74, 6) is 8.36. The number of nitrogens with zero attached hydrogens (tertiary/aromatic N) is 1. The number of hydrazine groups is 1. The summed E-state index contributed by atoms with van der Waals surface area (Å²) in [5.41, 5.74) is 8.20. The lowest BCUT2D eigenvalue weighted by Crippen LogP contribution is -2.40. The normalized spacial score (nSPS) is 17.3. The zero-order valence-corrected chi connectivity index (χ0v) is 19.6. The summed E-state index contributed by atoms with van der Waals surface area (Å²) in [7, 11) is 0. The van der Waals surface area contributed by atoms with Gasteiger partial charge in [0.15, 0.2) is 0 Å². The van der Waals surface area contributed by atoms with Crippen molar-refractivity contribution in [2.75, 3.05) is 5.01 Å². The van der Waals surface area contributed by atoms with E-state index in [4.69, 9.17) is 10.3 Å². The third kappa shape index (κ3) is 4.11. The van der Waals surface area contributed by atoms with Crippen LogP contribution in [-0.2, 0) is 6.42 Å². The zero-order valence-electron chi connectivity index (χ0n) is 19.6. The predicted octanol–water partition coefficient (Wildman–Crippen LogP) is 7.59. The number of allylic oxidation sites excluding steroid dienone is 5. The molecule has 0 saturated heterocycles. The summed E-state index contributed by atoms with van der Waals surface area (Å²) in [6.07, 6.45) is 17.8. The minimum absolute atomic E-state index is 0.105. The Balaban J connectivity index is 1.33. The maximum atomic E-state index is 6.53. The van der Waals surface area contributed by atoms with E-state index in [0.29, 0.717) is 0 Å². The van der Waals surface area contributed by atoms with Crippen molar-refractivity contribution in [2.45, 2.75) is 32.2 Å². The highest BCUT2D eigenvalue weighted by molar-refractivity contribution is 5.85. The molecule has 2 aromatic carbocycles. The first-order chi connectivity index (χ1) is 16.7. The maximum absolute atomic E-state index is 6.53. The van der Waals surface area contributed by atoms with Crippen LogP contribution in [0.25, 0.3) is 28.9 Å². The molecule has 0 amide bonds. The van der Waals surface area contributed by atoms with Gasteiger partial charge in [0.05, 0.1) is 11.7 Å². The molecule has 0 saturated carbocycles. The highest BCUT2D eigenvalue weighted by Gasteiger charge is 2.25. The molecule has 3 nitrogen and oxygen atoms in total. The molecule has 170 valence electrons. The lowest BCUT2D eigenvalue weighted by atomic mass is 9.87. The number of nitrogens with two attached hydrogens (primary N) is 1. The summed E-state index contributed by atoms with van der Waals surface area (Å²) in [4.78, 5) is 0. The van der Waals surface area contributed by atoms with Crippen LogP contribution in [0.4, 0.5) is 5.69 Å². The number of hydrogen-bond donors (Lipinski definition) is 1. The van der Waals surface area contributed by atoms with Crippen LogP contribution in [0.1, 0.15) is 42.4 Å². The van der Waals surface area contributed by atoms with Crippen molar-refractivity contribution in [3.8, 4) is 11.1 Å². The smallest absolute Gasteiger partial charge is 0.138 e. The molecule has 3 aromatic rings. The van der Waals surface area contributed by atoms with Gasteiger partial charge in [0.2, 0.25) is 0 Å². The number of benzene rings is 2. The number of fused-ring (bicyclic) bond motifs is 1. The van der Waals surface area contributed by atoms with Gasteiger partial charge in [0.1, 0.15) is 11.5 Å². The fourth-order valence-electron chi connectivity index (χ4n) is 4.83. The fourth-order valence-corrected chi connectivity index (χ4v) is 4.83. The highest BCUT2D eigenvalue weighted by Crippen LogP contribution is 2.39. The first kappa shape index (κ1) is 22.0. The van der Waals surface area contributed by atoms with Gasteiger partial charge in [-0.3, -0.25) is 0 Å². The van der Waals surface area contributed by atoms with Crippen molar-refractivity contribution < 1.29 is 4.42 Å². The number of furan rings is 1. The van der Waals surface area contributed by atoms with Crippen LogP contribution < -0.4 is 10.9 Å². The van der Waals surface area contributed by atoms with E-state index in [1.807, 2.05) is 24.1 Å². The Morgan fingerprint density at radius 3 is 2.47 bits per heavy atom. The molecule has 1 atom stereocenters. The minimum atomic E-state index is 0.105. The standard InChI is InChI=1S/C31H30N2O/c1-3-9-28-29-13-8-12-27(31(29)34-30(28)4-2)24-16-20-26(21-17-24)33(32)25-18-14-23(15-19-25)22-10-6-5-7-11-22/h3-7,9-12,14-20,26H,2,8,13,21,32H2,1H3/b9-3-. The monoisotopic (exact) mass is 446 g/mol. The molecule has 2 aliphatic rings. The molecule has 3 heteroatoms. The van der Waals surface area contributed by atoms with E-state index < -0.39 is 0 Å². The van der Waals surface area contributed by atoms with Gasteiger partial charge in [-0.25, -0.2) is 5.84 Å². The van der Waals surface area contributed by atoms with Crippen molar-refractivity contribution >= 4 is 23.4 Å². The Morgan fingerprint density at radius 1 is 1.03 bits per heavy atom. The highest BCUT2D eigenvalue weighted by atomic mass is 16.3. The number of rotatable bonds is 6. The predicted molar refractivity (Wildman–Crippen MR) is 144 cm³/mol. The number of anilines is 1. The third-order valence-corrected chi connectivity index (χ3v) is 6.60. The first-order valence-electron chi connectivity index (χ1n) is 11.9. The summed E-state index contributed by atoms with van der Waals surface area (Å²) >= 11 is 0. The lowest BCUT2D eigenvalue weighted by molar-refractivity contribution is 0.537. The lowest BCUT2D eigenvalue weighted by Gasteiger charge is -2.29. The van der Waals surface area contributed by atoms with E-state index in [2.05, 4.69) is 91.6 Å². The Bertz CT molecular complexity index is 1300. The maximum Gasteiger partial charge on any atom is 0.138 e. The summed E-state index contributed by atoms with van der Waals surface area (Å²) in [6, 6.07) is 18.9. The van der Waals surface area contributed by atoms with Gasteiger partial charge in [0.25, 0.3) is 0 Å². The number of hydrogen-bond acceptors (Lipinski definition) is 3. The molecule has 1 aromatic heterocycles. The molecule has 2 aliphatic carbocycles. The van der Waals surface area contributed by atoms with Crippen molar-refractivity contribution in [3.63, 3.8) is 0 Å². The second kappa shape index (κ2) is 9.58. The molecular formula is C31H30N2O. The first-order valence-corrected chi connectivity index (χ1v) is 11.9. The summed E-state index contributed by atoms with van der Waals surface area (Å²) in [6.45, 7) is 5.97. The molecule has 5 rings (SSSR count). The largest absolute Gasteiger partial charge is 0.456 e. The van der Waals surface area contributed by atoms with Gasteiger partial charge in [-0.15, -0.1) is 0 Å². The Hall–Kier alpha value is -3.82. The van der Waals surface area contributed by atoms with Gasteiger partial charge in [-0.2, -0.15) is 0 Å². The van der Waals surface area contributed by atoms with Gasteiger partial charge in [-0.1, -0.05) is 85.5 Å². The molecule has 0 bridgehead atoms. The zero-order chi connectivity index (χ0) is 23.5. The van der Waals surface area contributed by atoms with Crippen LogP contribution in [0.15, 0.2) is 102 Å². The third-order valence-electron chi connectivity index (χ3n) is 6.60. The molecular weight excluding hydrogens is 416 g/mol. The topological polar surface area (TPSA) is 42.4 Å². The van der Waals surface area contributed by atoms with Crippen LogP contribution in [-0.4, -0.2) is 6.04 Å². The van der Waals surface area contributed by atoms with Gasteiger partial charge in [-0.05, 0) is 61.1 Å². The van der Waals surface area contributed by atoms with Gasteiger partial charge < -0.3 is 9.43 Å². The molecule has 0 aliphatic heterocycles. The SMILES string of the molecule is C=Cc1oc2c(c1/C=C\C)CCC=C2C1=CCC(N(N)c2ccc(-c3ccccc3)cc2)C=C1. The van der Waals surface area contributed by atoms with Crippen LogP contribution >= 0.6 is 0 Å². The van der Waals surface area contributed by atoms with E-state index in [-0.39, 0.29) is 6.04 Å². The van der Waals surface area contributed by atoms with Crippen molar-refractivity contribution in [1.29, 1.82) is 0 Å². The second-order valence-corrected chi connectivity index (χ2v) is 8.69. The molecule has 1 unspecified atom stereocenters. The second-order valence-electron chi connectivity index (χ2n) is 8.69. The van der Waals surface area contributed by atoms with E-state index >= 15 is 0 Å². The van der Waals surface area contributed by atoms with Gasteiger partial charge in [0, 0.05) is 16.7 Å². The van der Waals surface area contributed by atoms with Crippen LogP contribution in [0.5, 0.6) is 0 Å².